The summed E-state index contributed by atoms with van der Waals surface area (Å²) < 4.78 is 0. The molecule has 1 aromatic heterocycles. The molecule has 2 N–H and O–H groups in total. The standard InChI is InChI=1S/C9H15N3/c1-7(2)9(10)5-8-3-4-11-6-12-8/h3-4,6-7,9H,5,10H2,1-2H3. The Morgan fingerprint density at radius 2 is 2.25 bits per heavy atom. The van der Waals surface area contributed by atoms with E-state index in [0.717, 1.165) is 12.1 Å². The van der Waals surface area contributed by atoms with Gasteiger partial charge in [-0.2, -0.15) is 0 Å². The highest BCUT2D eigenvalue weighted by atomic mass is 14.8. The van der Waals surface area contributed by atoms with Crippen LogP contribution in [0.1, 0.15) is 19.5 Å². The number of nitrogens with two attached hydrogens (primary N) is 1. The molecule has 0 aromatic carbocycles. The summed E-state index contributed by atoms with van der Waals surface area (Å²) in [4.78, 5) is 7.96. The zero-order valence-electron chi connectivity index (χ0n) is 7.57. The maximum absolute atomic E-state index is 5.89. The quantitative estimate of drug-likeness (QED) is 0.727. The Labute approximate surface area is 73.0 Å². The second kappa shape index (κ2) is 4.16. The zero-order chi connectivity index (χ0) is 8.97. The highest BCUT2D eigenvalue weighted by Crippen LogP contribution is 2.04. The van der Waals surface area contributed by atoms with E-state index in [2.05, 4.69) is 23.8 Å². The largest absolute Gasteiger partial charge is 0.327 e. The van der Waals surface area contributed by atoms with Crippen LogP contribution in [0, 0.1) is 5.92 Å². The molecule has 0 radical (unpaired) electrons. The van der Waals surface area contributed by atoms with E-state index in [0.29, 0.717) is 5.92 Å². The van der Waals surface area contributed by atoms with Crippen molar-refractivity contribution in [2.45, 2.75) is 26.3 Å². The van der Waals surface area contributed by atoms with Crippen molar-refractivity contribution < 1.29 is 0 Å². The number of nitrogens with zero attached hydrogens (tertiary/aromatic N) is 2. The van der Waals surface area contributed by atoms with Gasteiger partial charge in [0, 0.05) is 24.4 Å². The van der Waals surface area contributed by atoms with Gasteiger partial charge in [0.1, 0.15) is 6.33 Å². The summed E-state index contributed by atoms with van der Waals surface area (Å²) >= 11 is 0. The van der Waals surface area contributed by atoms with E-state index in [-0.39, 0.29) is 6.04 Å². The van der Waals surface area contributed by atoms with Gasteiger partial charge in [-0.15, -0.1) is 0 Å². The van der Waals surface area contributed by atoms with Gasteiger partial charge < -0.3 is 5.73 Å². The first-order chi connectivity index (χ1) is 5.70. The molecule has 0 fully saturated rings. The molecular formula is C9H15N3. The molecular weight excluding hydrogens is 150 g/mol. The lowest BCUT2D eigenvalue weighted by Crippen LogP contribution is -2.29. The molecule has 0 aliphatic rings. The van der Waals surface area contributed by atoms with Gasteiger partial charge in [-0.05, 0) is 12.0 Å². The van der Waals surface area contributed by atoms with Crippen molar-refractivity contribution in [2.75, 3.05) is 0 Å². The van der Waals surface area contributed by atoms with Crippen LogP contribution < -0.4 is 5.73 Å². The maximum Gasteiger partial charge on any atom is 0.115 e. The minimum absolute atomic E-state index is 0.194. The highest BCUT2D eigenvalue weighted by Gasteiger charge is 2.08. The monoisotopic (exact) mass is 165 g/mol. The van der Waals surface area contributed by atoms with Crippen LogP contribution in [0.5, 0.6) is 0 Å². The molecule has 3 nitrogen and oxygen atoms in total. The zero-order valence-corrected chi connectivity index (χ0v) is 7.57. The third-order valence-electron chi connectivity index (χ3n) is 1.94. The van der Waals surface area contributed by atoms with Gasteiger partial charge in [0.2, 0.25) is 0 Å². The second-order valence-corrected chi connectivity index (χ2v) is 3.31. The van der Waals surface area contributed by atoms with E-state index < -0.39 is 0 Å². The average Bonchev–Trinajstić information content (AvgIpc) is 2.06. The Kier molecular flexibility index (Phi) is 3.17. The Morgan fingerprint density at radius 1 is 1.50 bits per heavy atom. The molecule has 0 bridgehead atoms. The van der Waals surface area contributed by atoms with Crippen LogP contribution in [-0.2, 0) is 6.42 Å². The van der Waals surface area contributed by atoms with Crippen molar-refractivity contribution in [3.63, 3.8) is 0 Å². The number of rotatable bonds is 3. The molecule has 0 saturated heterocycles. The topological polar surface area (TPSA) is 51.8 Å². The molecule has 0 amide bonds. The number of hydrogen-bond donors (Lipinski definition) is 1. The van der Waals surface area contributed by atoms with E-state index in [9.17, 15) is 0 Å². The maximum atomic E-state index is 5.89. The van der Waals surface area contributed by atoms with E-state index in [1.54, 1.807) is 12.5 Å². The van der Waals surface area contributed by atoms with Gasteiger partial charge in [0.05, 0.1) is 0 Å². The average molecular weight is 165 g/mol. The minimum Gasteiger partial charge on any atom is -0.327 e. The normalized spacial score (nSPS) is 13.3. The lowest BCUT2D eigenvalue weighted by Gasteiger charge is -2.14. The van der Waals surface area contributed by atoms with Crippen LogP contribution in [0.15, 0.2) is 18.6 Å². The summed E-state index contributed by atoms with van der Waals surface area (Å²) in [6, 6.07) is 2.10. The summed E-state index contributed by atoms with van der Waals surface area (Å²) in [5.74, 6) is 0.500. The third kappa shape index (κ3) is 2.58. The molecule has 1 unspecified atom stereocenters. The fourth-order valence-corrected chi connectivity index (χ4v) is 0.916. The molecule has 0 saturated carbocycles. The van der Waals surface area contributed by atoms with Crippen LogP contribution in [0.25, 0.3) is 0 Å². The molecule has 1 atom stereocenters. The van der Waals surface area contributed by atoms with Crippen LogP contribution in [0.4, 0.5) is 0 Å². The van der Waals surface area contributed by atoms with E-state index >= 15 is 0 Å². The van der Waals surface area contributed by atoms with Crippen LogP contribution in [-0.4, -0.2) is 16.0 Å². The lowest BCUT2D eigenvalue weighted by molar-refractivity contribution is 0.486. The molecule has 1 heterocycles. The first-order valence-corrected chi connectivity index (χ1v) is 4.20. The Morgan fingerprint density at radius 3 is 2.75 bits per heavy atom. The van der Waals surface area contributed by atoms with Gasteiger partial charge in [-0.3, -0.25) is 0 Å². The minimum atomic E-state index is 0.194. The summed E-state index contributed by atoms with van der Waals surface area (Å²) in [5, 5.41) is 0. The predicted molar refractivity (Wildman–Crippen MR) is 48.5 cm³/mol. The van der Waals surface area contributed by atoms with E-state index in [1.807, 2.05) is 6.07 Å². The van der Waals surface area contributed by atoms with E-state index in [4.69, 9.17) is 5.73 Å². The van der Waals surface area contributed by atoms with Crippen LogP contribution in [0.3, 0.4) is 0 Å². The SMILES string of the molecule is CC(C)C(N)Cc1ccncn1. The smallest absolute Gasteiger partial charge is 0.115 e. The number of aromatic nitrogens is 2. The predicted octanol–water partition coefficient (Wildman–Crippen LogP) is 1.00. The summed E-state index contributed by atoms with van der Waals surface area (Å²) in [6.07, 6.45) is 4.14. The summed E-state index contributed by atoms with van der Waals surface area (Å²) in [7, 11) is 0. The third-order valence-corrected chi connectivity index (χ3v) is 1.94. The van der Waals surface area contributed by atoms with Crippen molar-refractivity contribution in [1.29, 1.82) is 0 Å². The van der Waals surface area contributed by atoms with Gasteiger partial charge in [0.15, 0.2) is 0 Å². The summed E-state index contributed by atoms with van der Waals surface area (Å²) in [6.45, 7) is 4.23. The molecule has 3 heteroatoms. The van der Waals surface area contributed by atoms with Crippen LogP contribution in [0.2, 0.25) is 0 Å². The molecule has 0 spiro atoms. The second-order valence-electron chi connectivity index (χ2n) is 3.31. The Bertz CT molecular complexity index is 220. The lowest BCUT2D eigenvalue weighted by atomic mass is 10.0. The molecule has 1 rings (SSSR count). The van der Waals surface area contributed by atoms with Gasteiger partial charge in [-0.25, -0.2) is 9.97 Å². The van der Waals surface area contributed by atoms with Gasteiger partial charge in [-0.1, -0.05) is 13.8 Å². The van der Waals surface area contributed by atoms with Crippen molar-refractivity contribution >= 4 is 0 Å². The summed E-state index contributed by atoms with van der Waals surface area (Å²) in [5.41, 5.74) is 6.91. The number of hydrogen-bond acceptors (Lipinski definition) is 3. The van der Waals surface area contributed by atoms with Crippen molar-refractivity contribution in [3.05, 3.63) is 24.3 Å². The highest BCUT2D eigenvalue weighted by molar-refractivity contribution is 5.00. The first kappa shape index (κ1) is 9.13. The van der Waals surface area contributed by atoms with Crippen molar-refractivity contribution in [1.82, 2.24) is 9.97 Å². The first-order valence-electron chi connectivity index (χ1n) is 4.20. The van der Waals surface area contributed by atoms with Crippen LogP contribution >= 0.6 is 0 Å². The Balaban J connectivity index is 2.53. The van der Waals surface area contributed by atoms with Crippen molar-refractivity contribution in [2.24, 2.45) is 11.7 Å². The molecule has 66 valence electrons. The fraction of sp³-hybridized carbons (Fsp3) is 0.556. The van der Waals surface area contributed by atoms with Gasteiger partial charge >= 0.3 is 0 Å². The fourth-order valence-electron chi connectivity index (χ4n) is 0.916. The molecule has 12 heavy (non-hydrogen) atoms. The molecule has 1 aromatic rings. The van der Waals surface area contributed by atoms with E-state index in [1.165, 1.54) is 0 Å². The van der Waals surface area contributed by atoms with Crippen molar-refractivity contribution in [3.8, 4) is 0 Å². The molecule has 0 aliphatic heterocycles. The van der Waals surface area contributed by atoms with Gasteiger partial charge in [0.25, 0.3) is 0 Å². The molecule has 0 aliphatic carbocycles. The Hall–Kier alpha value is -0.960.